The minimum Gasteiger partial charge on any atom is -0.292 e. The van der Waals surface area contributed by atoms with Crippen LogP contribution in [0, 0.1) is 11.3 Å². The molecule has 2 nitrogen and oxygen atoms in total. The van der Waals surface area contributed by atoms with Crippen molar-refractivity contribution in [2.75, 3.05) is 5.75 Å². The van der Waals surface area contributed by atoms with Crippen LogP contribution >= 0.6 is 23.1 Å². The van der Waals surface area contributed by atoms with Gasteiger partial charge in [-0.2, -0.15) is 5.26 Å². The Morgan fingerprint density at radius 3 is 2.67 bits per heavy atom. The highest BCUT2D eigenvalue weighted by atomic mass is 32.2. The van der Waals surface area contributed by atoms with Crippen LogP contribution in [0.3, 0.4) is 0 Å². The van der Waals surface area contributed by atoms with Crippen molar-refractivity contribution in [2.45, 2.75) is 5.75 Å². The van der Waals surface area contributed by atoms with Crippen LogP contribution in [-0.4, -0.2) is 11.5 Å². The zero-order valence-electron chi connectivity index (χ0n) is 9.63. The van der Waals surface area contributed by atoms with Crippen LogP contribution in [0.4, 0.5) is 0 Å². The highest BCUT2D eigenvalue weighted by Crippen LogP contribution is 2.17. The number of ketones is 1. The first kappa shape index (κ1) is 12.9. The Labute approximate surface area is 114 Å². The van der Waals surface area contributed by atoms with Gasteiger partial charge in [0.25, 0.3) is 0 Å². The molecule has 2 rings (SSSR count). The topological polar surface area (TPSA) is 40.9 Å². The standard InChI is InChI=1S/C14H11NOS2/c15-8-11-3-5-12(6-4-11)9-17-10-13(16)14-2-1-7-18-14/h1-7H,9-10H2. The van der Waals surface area contributed by atoms with Gasteiger partial charge in [0.15, 0.2) is 5.78 Å². The number of Topliss-reactive ketones (excluding diaryl/α,β-unsaturated/α-hetero) is 1. The van der Waals surface area contributed by atoms with Gasteiger partial charge in [-0.1, -0.05) is 18.2 Å². The lowest BCUT2D eigenvalue weighted by atomic mass is 10.2. The first-order valence-corrected chi connectivity index (χ1v) is 7.46. The van der Waals surface area contributed by atoms with E-state index in [-0.39, 0.29) is 5.78 Å². The van der Waals surface area contributed by atoms with Crippen LogP contribution in [0.5, 0.6) is 0 Å². The van der Waals surface area contributed by atoms with E-state index >= 15 is 0 Å². The molecule has 0 N–H and O–H groups in total. The molecule has 18 heavy (non-hydrogen) atoms. The predicted molar refractivity (Wildman–Crippen MR) is 76.0 cm³/mol. The van der Waals surface area contributed by atoms with Gasteiger partial charge in [0.1, 0.15) is 0 Å². The van der Waals surface area contributed by atoms with E-state index in [9.17, 15) is 4.79 Å². The zero-order valence-corrected chi connectivity index (χ0v) is 11.3. The van der Waals surface area contributed by atoms with E-state index < -0.39 is 0 Å². The molecule has 0 amide bonds. The number of carbonyl (C=O) groups is 1. The Morgan fingerprint density at radius 1 is 1.28 bits per heavy atom. The van der Waals surface area contributed by atoms with Crippen molar-refractivity contribution >= 4 is 28.9 Å². The third-order valence-electron chi connectivity index (χ3n) is 2.38. The number of nitriles is 1. The van der Waals surface area contributed by atoms with E-state index in [0.717, 1.165) is 16.2 Å². The SMILES string of the molecule is N#Cc1ccc(CSCC(=O)c2cccs2)cc1. The van der Waals surface area contributed by atoms with Gasteiger partial charge < -0.3 is 0 Å². The first-order valence-electron chi connectivity index (χ1n) is 5.43. The van der Waals surface area contributed by atoms with Crippen molar-refractivity contribution < 1.29 is 4.79 Å². The number of hydrogen-bond donors (Lipinski definition) is 0. The van der Waals surface area contributed by atoms with Crippen molar-refractivity contribution in [3.63, 3.8) is 0 Å². The molecule has 0 aliphatic heterocycles. The Balaban J connectivity index is 1.82. The molecule has 0 fully saturated rings. The maximum Gasteiger partial charge on any atom is 0.182 e. The van der Waals surface area contributed by atoms with E-state index in [1.54, 1.807) is 23.9 Å². The maximum atomic E-state index is 11.7. The maximum absolute atomic E-state index is 11.7. The number of rotatable bonds is 5. The average molecular weight is 273 g/mol. The molecule has 0 aliphatic carbocycles. The van der Waals surface area contributed by atoms with Gasteiger partial charge in [-0.25, -0.2) is 0 Å². The van der Waals surface area contributed by atoms with E-state index in [1.807, 2.05) is 29.6 Å². The van der Waals surface area contributed by atoms with Gasteiger partial charge in [-0.3, -0.25) is 4.79 Å². The van der Waals surface area contributed by atoms with Gasteiger partial charge in [0.05, 0.1) is 22.3 Å². The van der Waals surface area contributed by atoms with E-state index in [1.165, 1.54) is 11.3 Å². The fraction of sp³-hybridized carbons (Fsp3) is 0.143. The van der Waals surface area contributed by atoms with Crippen LogP contribution in [0.2, 0.25) is 0 Å². The van der Waals surface area contributed by atoms with Crippen LogP contribution in [0.25, 0.3) is 0 Å². The minimum absolute atomic E-state index is 0.184. The van der Waals surface area contributed by atoms with Gasteiger partial charge in [0.2, 0.25) is 0 Å². The summed E-state index contributed by atoms with van der Waals surface area (Å²) in [4.78, 5) is 12.6. The molecule has 0 bridgehead atoms. The Bertz CT molecular complexity index is 552. The van der Waals surface area contributed by atoms with Crippen LogP contribution in [0.15, 0.2) is 41.8 Å². The molecule has 90 valence electrons. The van der Waals surface area contributed by atoms with Gasteiger partial charge in [-0.15, -0.1) is 23.1 Å². The molecule has 1 aromatic heterocycles. The van der Waals surface area contributed by atoms with Crippen molar-refractivity contribution in [3.8, 4) is 6.07 Å². The summed E-state index contributed by atoms with van der Waals surface area (Å²) in [5.74, 6) is 1.48. The molecule has 0 saturated heterocycles. The van der Waals surface area contributed by atoms with Gasteiger partial charge >= 0.3 is 0 Å². The molecule has 1 aromatic carbocycles. The summed E-state index contributed by atoms with van der Waals surface area (Å²) in [6, 6.07) is 13.3. The monoisotopic (exact) mass is 273 g/mol. The van der Waals surface area contributed by atoms with Crippen molar-refractivity contribution in [2.24, 2.45) is 0 Å². The highest BCUT2D eigenvalue weighted by molar-refractivity contribution is 7.99. The molecule has 4 heteroatoms. The number of nitrogens with zero attached hydrogens (tertiary/aromatic N) is 1. The number of thioether (sulfide) groups is 1. The summed E-state index contributed by atoms with van der Waals surface area (Å²) in [5.41, 5.74) is 1.80. The molecule has 0 aliphatic rings. The highest BCUT2D eigenvalue weighted by Gasteiger charge is 2.06. The predicted octanol–water partition coefficient (Wildman–Crippen LogP) is 3.74. The molecule has 2 aromatic rings. The molecule has 0 atom stereocenters. The summed E-state index contributed by atoms with van der Waals surface area (Å²) < 4.78 is 0. The Hall–Kier alpha value is -1.57. The van der Waals surface area contributed by atoms with E-state index in [2.05, 4.69) is 6.07 Å². The van der Waals surface area contributed by atoms with Crippen molar-refractivity contribution in [3.05, 3.63) is 57.8 Å². The second-order valence-electron chi connectivity index (χ2n) is 3.70. The molecule has 1 heterocycles. The second kappa shape index (κ2) is 6.39. The lowest BCUT2D eigenvalue weighted by Gasteiger charge is -2.01. The molecule has 0 radical (unpaired) electrons. The quantitative estimate of drug-likeness (QED) is 0.779. The van der Waals surface area contributed by atoms with Crippen LogP contribution in [0.1, 0.15) is 20.8 Å². The fourth-order valence-electron chi connectivity index (χ4n) is 1.45. The van der Waals surface area contributed by atoms with Crippen molar-refractivity contribution in [1.29, 1.82) is 5.26 Å². The van der Waals surface area contributed by atoms with E-state index in [4.69, 9.17) is 5.26 Å². The zero-order chi connectivity index (χ0) is 12.8. The van der Waals surface area contributed by atoms with Crippen LogP contribution in [-0.2, 0) is 5.75 Å². The van der Waals surface area contributed by atoms with Gasteiger partial charge in [0, 0.05) is 5.75 Å². The Morgan fingerprint density at radius 2 is 2.06 bits per heavy atom. The molecular formula is C14H11NOS2. The van der Waals surface area contributed by atoms with Gasteiger partial charge in [-0.05, 0) is 29.1 Å². The number of benzene rings is 1. The summed E-state index contributed by atoms with van der Waals surface area (Å²) >= 11 is 3.08. The third-order valence-corrected chi connectivity index (χ3v) is 4.30. The normalized spacial score (nSPS) is 9.94. The smallest absolute Gasteiger partial charge is 0.182 e. The molecule has 0 unspecified atom stereocenters. The summed E-state index contributed by atoms with van der Waals surface area (Å²) in [6.07, 6.45) is 0. The summed E-state index contributed by atoms with van der Waals surface area (Å²) in [7, 11) is 0. The number of thiophene rings is 1. The third kappa shape index (κ3) is 3.46. The summed E-state index contributed by atoms with van der Waals surface area (Å²) in [6.45, 7) is 0. The molecule has 0 spiro atoms. The number of hydrogen-bond acceptors (Lipinski definition) is 4. The summed E-state index contributed by atoms with van der Waals surface area (Å²) in [5, 5.41) is 10.6. The molecule has 0 saturated carbocycles. The largest absolute Gasteiger partial charge is 0.292 e. The first-order chi connectivity index (χ1) is 8.79. The lowest BCUT2D eigenvalue weighted by molar-refractivity contribution is 0.102. The average Bonchev–Trinajstić information content (AvgIpc) is 2.93. The Kier molecular flexibility index (Phi) is 4.57. The minimum atomic E-state index is 0.184. The fourth-order valence-corrected chi connectivity index (χ4v) is 3.07. The van der Waals surface area contributed by atoms with E-state index in [0.29, 0.717) is 11.3 Å². The number of carbonyl (C=O) groups excluding carboxylic acids is 1. The lowest BCUT2D eigenvalue weighted by Crippen LogP contribution is -1.99. The molecular weight excluding hydrogens is 262 g/mol. The van der Waals surface area contributed by atoms with Crippen LogP contribution < -0.4 is 0 Å². The second-order valence-corrected chi connectivity index (χ2v) is 5.64. The van der Waals surface area contributed by atoms with Crippen molar-refractivity contribution in [1.82, 2.24) is 0 Å².